The second-order valence-corrected chi connectivity index (χ2v) is 10.6. The summed E-state index contributed by atoms with van der Waals surface area (Å²) in [5.41, 5.74) is 10.9. The van der Waals surface area contributed by atoms with Gasteiger partial charge in [-0.05, 0) is 67.5 Å². The number of esters is 1. The quantitative estimate of drug-likeness (QED) is 0.203. The number of aromatic nitrogens is 2. The lowest BCUT2D eigenvalue weighted by molar-refractivity contribution is 0.0599. The number of carbonyl (C=O) groups is 1. The highest BCUT2D eigenvalue weighted by atomic mass is 16.5. The summed E-state index contributed by atoms with van der Waals surface area (Å²) in [7, 11) is 3.08. The molecule has 4 rings (SSSR count). The predicted octanol–water partition coefficient (Wildman–Crippen LogP) is 5.46. The number of hydrogen-bond acceptors (Lipinski definition) is 7. The second kappa shape index (κ2) is 12.8. The lowest BCUT2D eigenvalue weighted by Gasteiger charge is -2.28. The Bertz CT molecular complexity index is 1290. The summed E-state index contributed by atoms with van der Waals surface area (Å²) in [6.07, 6.45) is 10.3. The van der Waals surface area contributed by atoms with Crippen LogP contribution in [0.25, 0.3) is 16.8 Å². The number of methoxy groups -OCH3 is 1. The highest BCUT2D eigenvalue weighted by Crippen LogP contribution is 2.31. The van der Waals surface area contributed by atoms with Gasteiger partial charge in [-0.3, -0.25) is 0 Å². The van der Waals surface area contributed by atoms with E-state index in [9.17, 15) is 4.79 Å². The number of nitrogens with zero attached hydrogens (tertiary/aromatic N) is 3. The minimum absolute atomic E-state index is 0.0852. The van der Waals surface area contributed by atoms with Crippen LogP contribution in [-0.2, 0) is 11.2 Å². The van der Waals surface area contributed by atoms with Gasteiger partial charge in [-0.25, -0.2) is 15.3 Å². The van der Waals surface area contributed by atoms with Crippen LogP contribution in [0.4, 0.5) is 0 Å². The molecule has 8 heteroatoms. The second-order valence-electron chi connectivity index (χ2n) is 10.6. The van der Waals surface area contributed by atoms with Crippen molar-refractivity contribution in [2.75, 3.05) is 14.2 Å². The number of benzene rings is 2. The van der Waals surface area contributed by atoms with E-state index >= 15 is 0 Å². The Labute approximate surface area is 231 Å². The van der Waals surface area contributed by atoms with Crippen LogP contribution in [0, 0.1) is 11.8 Å². The van der Waals surface area contributed by atoms with Crippen molar-refractivity contribution < 1.29 is 14.3 Å². The Hall–Kier alpha value is -3.78. The van der Waals surface area contributed by atoms with Gasteiger partial charge in [0, 0.05) is 24.9 Å². The monoisotopic (exact) mass is 531 g/mol. The highest BCUT2D eigenvalue weighted by molar-refractivity contribution is 5.90. The molecule has 1 unspecified atom stereocenters. The fourth-order valence-corrected chi connectivity index (χ4v) is 5.32. The van der Waals surface area contributed by atoms with Crippen LogP contribution in [0.3, 0.4) is 0 Å². The van der Waals surface area contributed by atoms with Crippen molar-refractivity contribution in [3.63, 3.8) is 0 Å². The topological polar surface area (TPSA) is 109 Å². The number of nitrogens with two attached hydrogens (primary N) is 2. The van der Waals surface area contributed by atoms with Crippen molar-refractivity contribution in [1.29, 1.82) is 0 Å². The Morgan fingerprint density at radius 2 is 1.82 bits per heavy atom. The van der Waals surface area contributed by atoms with Gasteiger partial charge in [-0.1, -0.05) is 50.5 Å². The van der Waals surface area contributed by atoms with Gasteiger partial charge in [0.2, 0.25) is 0 Å². The minimum atomic E-state index is -0.435. The van der Waals surface area contributed by atoms with E-state index < -0.39 is 5.97 Å². The number of ether oxygens (including phenoxy) is 2. The maximum absolute atomic E-state index is 12.6. The van der Waals surface area contributed by atoms with Crippen LogP contribution >= 0.6 is 0 Å². The molecule has 0 aliphatic heterocycles. The summed E-state index contributed by atoms with van der Waals surface area (Å²) in [4.78, 5) is 12.6. The summed E-state index contributed by atoms with van der Waals surface area (Å²) >= 11 is 0. The Morgan fingerprint density at radius 3 is 2.51 bits per heavy atom. The molecule has 2 atom stereocenters. The van der Waals surface area contributed by atoms with E-state index in [-0.39, 0.29) is 12.0 Å². The van der Waals surface area contributed by atoms with E-state index in [0.717, 1.165) is 28.3 Å². The first kappa shape index (κ1) is 28.2. The van der Waals surface area contributed by atoms with E-state index in [1.807, 2.05) is 31.2 Å². The van der Waals surface area contributed by atoms with Crippen molar-refractivity contribution in [3.8, 4) is 22.6 Å². The van der Waals surface area contributed by atoms with E-state index in [0.29, 0.717) is 23.6 Å². The van der Waals surface area contributed by atoms with Gasteiger partial charge in [-0.15, -0.1) is 0 Å². The first-order valence-corrected chi connectivity index (χ1v) is 13.7. The molecule has 8 nitrogen and oxygen atoms in total. The Kier molecular flexibility index (Phi) is 9.30. The molecule has 208 valence electrons. The van der Waals surface area contributed by atoms with Gasteiger partial charge >= 0.3 is 5.97 Å². The van der Waals surface area contributed by atoms with Crippen LogP contribution in [0.5, 0.6) is 5.75 Å². The van der Waals surface area contributed by atoms with Gasteiger partial charge in [0.1, 0.15) is 11.3 Å². The van der Waals surface area contributed by atoms with Crippen molar-refractivity contribution in [1.82, 2.24) is 14.8 Å². The molecule has 1 aliphatic rings. The number of hydrogen-bond donors (Lipinski definition) is 2. The van der Waals surface area contributed by atoms with Crippen LogP contribution < -0.4 is 16.3 Å². The summed E-state index contributed by atoms with van der Waals surface area (Å²) in [6.45, 7) is 4.18. The molecular formula is C31H41N5O3. The van der Waals surface area contributed by atoms with E-state index in [2.05, 4.69) is 36.3 Å². The smallest absolute Gasteiger partial charge is 0.341 e. The average Bonchev–Trinajstić information content (AvgIpc) is 3.36. The first-order valence-electron chi connectivity index (χ1n) is 13.7. The molecular weight excluding hydrogens is 490 g/mol. The molecule has 0 radical (unpaired) electrons. The summed E-state index contributed by atoms with van der Waals surface area (Å²) in [5.74, 6) is 6.72. The Balaban J connectivity index is 1.62. The van der Waals surface area contributed by atoms with Crippen molar-refractivity contribution >= 4 is 5.97 Å². The lowest BCUT2D eigenvalue weighted by Crippen LogP contribution is -2.25. The van der Waals surface area contributed by atoms with Gasteiger partial charge < -0.3 is 20.2 Å². The fraction of sp³-hybridized carbons (Fsp3) is 0.419. The molecule has 0 bridgehead atoms. The molecule has 1 aromatic heterocycles. The van der Waals surface area contributed by atoms with Gasteiger partial charge in [0.25, 0.3) is 0 Å². The summed E-state index contributed by atoms with van der Waals surface area (Å²) in [5, 5.41) is 5.99. The third-order valence-electron chi connectivity index (χ3n) is 7.59. The molecule has 39 heavy (non-hydrogen) atoms. The number of rotatable bonds is 10. The van der Waals surface area contributed by atoms with Gasteiger partial charge in [0.05, 0.1) is 30.8 Å². The maximum Gasteiger partial charge on any atom is 0.341 e. The summed E-state index contributed by atoms with van der Waals surface area (Å²) in [6, 6.07) is 16.3. The zero-order valence-corrected chi connectivity index (χ0v) is 23.5. The van der Waals surface area contributed by atoms with Crippen LogP contribution in [0.15, 0.2) is 66.6 Å². The molecule has 0 amide bonds. The zero-order valence-electron chi connectivity index (χ0n) is 23.5. The molecule has 3 aromatic rings. The third kappa shape index (κ3) is 7.00. The highest BCUT2D eigenvalue weighted by Gasteiger charge is 2.23. The molecule has 0 spiro atoms. The molecule has 2 aromatic carbocycles. The van der Waals surface area contributed by atoms with Crippen LogP contribution in [0.2, 0.25) is 0 Å². The molecule has 1 saturated carbocycles. The predicted molar refractivity (Wildman–Crippen MR) is 154 cm³/mol. The van der Waals surface area contributed by atoms with Crippen molar-refractivity contribution in [3.05, 3.63) is 77.9 Å². The van der Waals surface area contributed by atoms with E-state index in [1.54, 1.807) is 24.1 Å². The van der Waals surface area contributed by atoms with Gasteiger partial charge in [-0.2, -0.15) is 5.10 Å². The standard InChI is InChI=1S/C31H41N5O3/c1-21(29(32)20-35(3)33)16-30-28(31(37)38-4)19-34-36(30)26-14-8-12-24(17-26)25-13-9-15-27(18-25)39-22(2)23-10-6-5-7-11-23/h8-9,12-15,17-23H,5-7,10-11,16,32-33H2,1-4H3/b29-20-/t21-,22?/m1/s1. The van der Waals surface area contributed by atoms with Crippen LogP contribution in [-0.4, -0.2) is 41.0 Å². The molecule has 1 heterocycles. The maximum atomic E-state index is 12.6. The average molecular weight is 532 g/mol. The van der Waals surface area contributed by atoms with Crippen molar-refractivity contribution in [2.45, 2.75) is 58.5 Å². The van der Waals surface area contributed by atoms with Crippen molar-refractivity contribution in [2.24, 2.45) is 23.4 Å². The largest absolute Gasteiger partial charge is 0.490 e. The molecule has 0 saturated heterocycles. The third-order valence-corrected chi connectivity index (χ3v) is 7.59. The molecule has 4 N–H and O–H groups in total. The fourth-order valence-electron chi connectivity index (χ4n) is 5.32. The first-order chi connectivity index (χ1) is 18.8. The number of hydrazine groups is 1. The van der Waals surface area contributed by atoms with E-state index in [1.165, 1.54) is 44.2 Å². The number of carbonyl (C=O) groups excluding carboxylic acids is 1. The summed E-state index contributed by atoms with van der Waals surface area (Å²) < 4.78 is 13.2. The van der Waals surface area contributed by atoms with Gasteiger partial charge in [0.15, 0.2) is 0 Å². The zero-order chi connectivity index (χ0) is 27.9. The minimum Gasteiger partial charge on any atom is -0.490 e. The molecule has 1 aliphatic carbocycles. The van der Waals surface area contributed by atoms with E-state index in [4.69, 9.17) is 21.1 Å². The molecule has 1 fully saturated rings. The number of allylic oxidation sites excluding steroid dienone is 1. The SMILES string of the molecule is COC(=O)c1cnn(-c2cccc(-c3cccc(OC(C)C4CCCCC4)c3)c2)c1C[C@@H](C)/C(N)=C/N(C)N. The normalized spacial score (nSPS) is 16.0. The van der Waals surface area contributed by atoms with Crippen LogP contribution in [0.1, 0.15) is 62.0 Å². The lowest BCUT2D eigenvalue weighted by atomic mass is 9.86. The Morgan fingerprint density at radius 1 is 1.13 bits per heavy atom.